The van der Waals surface area contributed by atoms with Crippen molar-refractivity contribution in [1.29, 1.82) is 0 Å². The lowest BCUT2D eigenvalue weighted by Gasteiger charge is -2.44. The maximum absolute atomic E-state index is 6.14. The summed E-state index contributed by atoms with van der Waals surface area (Å²) in [4.78, 5) is 0. The summed E-state index contributed by atoms with van der Waals surface area (Å²) in [7, 11) is 0. The molecule has 2 aliphatic heterocycles. The predicted molar refractivity (Wildman–Crippen MR) is 107 cm³/mol. The van der Waals surface area contributed by atoms with Crippen LogP contribution in [-0.4, -0.2) is 50.8 Å². The van der Waals surface area contributed by atoms with Crippen LogP contribution in [0, 0.1) is 0 Å². The molecule has 0 atom stereocenters. The minimum absolute atomic E-state index is 0.439. The summed E-state index contributed by atoms with van der Waals surface area (Å²) >= 11 is 6.86. The lowest BCUT2D eigenvalue weighted by Crippen LogP contribution is -2.61. The van der Waals surface area contributed by atoms with Gasteiger partial charge in [-0.05, 0) is 48.5 Å². The van der Waals surface area contributed by atoms with Gasteiger partial charge in [0.1, 0.15) is 11.5 Å². The van der Waals surface area contributed by atoms with Gasteiger partial charge >= 0.3 is 0 Å². The van der Waals surface area contributed by atoms with Gasteiger partial charge in [-0.15, -0.1) is 0 Å². The average molecular weight is 500 g/mol. The lowest BCUT2D eigenvalue weighted by molar-refractivity contribution is -0.222. The Morgan fingerprint density at radius 3 is 1.33 bits per heavy atom. The summed E-state index contributed by atoms with van der Waals surface area (Å²) in [5.41, 5.74) is -0.894. The molecule has 5 nitrogen and oxygen atoms in total. The summed E-state index contributed by atoms with van der Waals surface area (Å²) in [6.45, 7) is 2.93. The second-order valence-electron chi connectivity index (χ2n) is 6.96. The number of halogens is 2. The van der Waals surface area contributed by atoms with Crippen LogP contribution in [-0.2, 0) is 14.2 Å². The van der Waals surface area contributed by atoms with Gasteiger partial charge in [-0.3, -0.25) is 0 Å². The van der Waals surface area contributed by atoms with E-state index < -0.39 is 11.2 Å². The topological polar surface area (TPSA) is 46.2 Å². The molecule has 144 valence electrons. The maximum atomic E-state index is 6.14. The van der Waals surface area contributed by atoms with Gasteiger partial charge in [-0.1, -0.05) is 31.9 Å². The maximum Gasteiger partial charge on any atom is 0.178 e. The van der Waals surface area contributed by atoms with E-state index in [-0.39, 0.29) is 0 Å². The zero-order valence-electron chi connectivity index (χ0n) is 14.7. The summed E-state index contributed by atoms with van der Waals surface area (Å²) in [5, 5.41) is 0. The highest BCUT2D eigenvalue weighted by molar-refractivity contribution is 9.10. The van der Waals surface area contributed by atoms with E-state index in [4.69, 9.17) is 23.7 Å². The molecule has 2 saturated heterocycles. The fraction of sp³-hybridized carbons (Fsp3) is 0.400. The van der Waals surface area contributed by atoms with Crippen molar-refractivity contribution in [1.82, 2.24) is 0 Å². The molecule has 0 unspecified atom stereocenters. The first-order valence-corrected chi connectivity index (χ1v) is 10.3. The molecule has 2 aromatic rings. The third kappa shape index (κ3) is 4.66. The Morgan fingerprint density at radius 2 is 1.04 bits per heavy atom. The second kappa shape index (κ2) is 8.09. The SMILES string of the molecule is Brc1ccc(OC2(COCC3(Oc4ccc(Br)cc4)COC3)COC2)cc1. The van der Waals surface area contributed by atoms with Crippen LogP contribution in [0.4, 0.5) is 0 Å². The van der Waals surface area contributed by atoms with E-state index in [1.807, 2.05) is 48.5 Å². The highest BCUT2D eigenvalue weighted by Gasteiger charge is 2.45. The smallest absolute Gasteiger partial charge is 0.178 e. The summed E-state index contributed by atoms with van der Waals surface area (Å²) in [6.07, 6.45) is 0. The first kappa shape index (κ1) is 19.2. The Labute approximate surface area is 175 Å². The number of hydrogen-bond acceptors (Lipinski definition) is 5. The first-order valence-electron chi connectivity index (χ1n) is 8.69. The zero-order chi connectivity index (χ0) is 18.7. The van der Waals surface area contributed by atoms with Gasteiger partial charge in [0.05, 0.1) is 39.6 Å². The predicted octanol–water partition coefficient (Wildman–Crippen LogP) is 4.22. The summed E-state index contributed by atoms with van der Waals surface area (Å²) in [5.74, 6) is 1.61. The van der Waals surface area contributed by atoms with Gasteiger partial charge in [-0.2, -0.15) is 0 Å². The molecule has 2 aromatic carbocycles. The van der Waals surface area contributed by atoms with Gasteiger partial charge in [0, 0.05) is 8.95 Å². The number of hydrogen-bond donors (Lipinski definition) is 0. The summed E-state index contributed by atoms with van der Waals surface area (Å²) < 4.78 is 31.1. The highest BCUT2D eigenvalue weighted by atomic mass is 79.9. The van der Waals surface area contributed by atoms with E-state index in [9.17, 15) is 0 Å². The molecule has 2 fully saturated rings. The van der Waals surface area contributed by atoms with E-state index in [1.54, 1.807) is 0 Å². The Hall–Kier alpha value is -1.12. The third-order valence-corrected chi connectivity index (χ3v) is 5.54. The van der Waals surface area contributed by atoms with Crippen LogP contribution in [0.1, 0.15) is 0 Å². The molecule has 2 aliphatic rings. The molecule has 0 saturated carbocycles. The minimum Gasteiger partial charge on any atom is -0.480 e. The molecule has 0 radical (unpaired) electrons. The van der Waals surface area contributed by atoms with Crippen molar-refractivity contribution < 1.29 is 23.7 Å². The lowest BCUT2D eigenvalue weighted by atomic mass is 10.0. The van der Waals surface area contributed by atoms with Crippen molar-refractivity contribution >= 4 is 31.9 Å². The molecule has 0 amide bonds. The Morgan fingerprint density at radius 1 is 0.667 bits per heavy atom. The number of benzene rings is 2. The van der Waals surface area contributed by atoms with Crippen LogP contribution in [0.3, 0.4) is 0 Å². The molecule has 0 spiro atoms. The normalized spacial score (nSPS) is 19.6. The third-order valence-electron chi connectivity index (χ3n) is 4.49. The largest absolute Gasteiger partial charge is 0.480 e. The van der Waals surface area contributed by atoms with Crippen LogP contribution < -0.4 is 9.47 Å². The highest BCUT2D eigenvalue weighted by Crippen LogP contribution is 2.30. The molecule has 0 bridgehead atoms. The molecule has 7 heteroatoms. The van der Waals surface area contributed by atoms with Crippen LogP contribution in [0.5, 0.6) is 11.5 Å². The van der Waals surface area contributed by atoms with Crippen molar-refractivity contribution in [2.75, 3.05) is 39.6 Å². The van der Waals surface area contributed by atoms with Crippen molar-refractivity contribution in [2.24, 2.45) is 0 Å². The molecular weight excluding hydrogens is 480 g/mol. The molecule has 2 heterocycles. The first-order chi connectivity index (χ1) is 13.1. The van der Waals surface area contributed by atoms with Crippen LogP contribution in [0.15, 0.2) is 57.5 Å². The number of ether oxygens (including phenoxy) is 5. The van der Waals surface area contributed by atoms with Crippen molar-refractivity contribution in [3.8, 4) is 11.5 Å². The zero-order valence-corrected chi connectivity index (χ0v) is 17.8. The van der Waals surface area contributed by atoms with Crippen molar-refractivity contribution in [3.05, 3.63) is 57.5 Å². The summed E-state index contributed by atoms with van der Waals surface area (Å²) in [6, 6.07) is 15.5. The van der Waals surface area contributed by atoms with E-state index in [0.717, 1.165) is 20.4 Å². The van der Waals surface area contributed by atoms with E-state index >= 15 is 0 Å². The van der Waals surface area contributed by atoms with Gasteiger partial charge < -0.3 is 23.7 Å². The molecule has 27 heavy (non-hydrogen) atoms. The van der Waals surface area contributed by atoms with E-state index in [0.29, 0.717) is 39.6 Å². The van der Waals surface area contributed by atoms with E-state index in [1.165, 1.54) is 0 Å². The molecule has 0 N–H and O–H groups in total. The molecule has 0 aliphatic carbocycles. The molecule has 4 rings (SSSR count). The fourth-order valence-corrected chi connectivity index (χ4v) is 3.46. The van der Waals surface area contributed by atoms with Gasteiger partial charge in [0.15, 0.2) is 11.2 Å². The van der Waals surface area contributed by atoms with Crippen molar-refractivity contribution in [2.45, 2.75) is 11.2 Å². The van der Waals surface area contributed by atoms with Crippen LogP contribution >= 0.6 is 31.9 Å². The van der Waals surface area contributed by atoms with Crippen molar-refractivity contribution in [3.63, 3.8) is 0 Å². The fourth-order valence-electron chi connectivity index (χ4n) is 2.93. The monoisotopic (exact) mass is 498 g/mol. The number of rotatable bonds is 8. The van der Waals surface area contributed by atoms with Gasteiger partial charge in [-0.25, -0.2) is 0 Å². The van der Waals surface area contributed by atoms with Crippen LogP contribution in [0.25, 0.3) is 0 Å². The molecular formula is C20H20Br2O5. The Bertz CT molecular complexity index is 689. The molecule has 0 aromatic heterocycles. The second-order valence-corrected chi connectivity index (χ2v) is 8.79. The Balaban J connectivity index is 1.32. The average Bonchev–Trinajstić information content (AvgIpc) is 2.61. The van der Waals surface area contributed by atoms with E-state index in [2.05, 4.69) is 31.9 Å². The quantitative estimate of drug-likeness (QED) is 0.544. The van der Waals surface area contributed by atoms with Gasteiger partial charge in [0.2, 0.25) is 0 Å². The standard InChI is InChI=1S/C20H20Br2O5/c21-15-1-5-17(6-2-15)26-19(9-23-10-19)13-25-14-20(11-24-12-20)27-18-7-3-16(22)4-8-18/h1-8H,9-14H2. The minimum atomic E-state index is -0.447. The van der Waals surface area contributed by atoms with Gasteiger partial charge in [0.25, 0.3) is 0 Å². The van der Waals surface area contributed by atoms with Crippen LogP contribution in [0.2, 0.25) is 0 Å². The Kier molecular flexibility index (Phi) is 5.75.